The van der Waals surface area contributed by atoms with Gasteiger partial charge in [-0.25, -0.2) is 22.2 Å². The molecule has 0 spiro atoms. The van der Waals surface area contributed by atoms with Gasteiger partial charge in [-0.05, 0) is 73.9 Å². The van der Waals surface area contributed by atoms with Gasteiger partial charge in [0, 0.05) is 29.3 Å². The number of allylic oxidation sites excluding steroid dienone is 1. The Bertz CT molecular complexity index is 2000. The monoisotopic (exact) mass is 787 g/mol. The number of aromatic nitrogens is 1. The summed E-state index contributed by atoms with van der Waals surface area (Å²) in [6, 6.07) is 2.15. The molecule has 4 aliphatic rings. The van der Waals surface area contributed by atoms with Gasteiger partial charge in [0.2, 0.25) is 33.6 Å². The first-order valence-electron chi connectivity index (χ1n) is 18.9. The molecule has 300 valence electrons. The lowest BCUT2D eigenvalue weighted by atomic mass is 9.86. The Balaban J connectivity index is 1.36. The van der Waals surface area contributed by atoms with E-state index in [0.29, 0.717) is 23.6 Å². The van der Waals surface area contributed by atoms with Crippen LogP contribution < -0.4 is 24.8 Å². The first kappa shape index (κ1) is 40.3. The average Bonchev–Trinajstić information content (AvgIpc) is 4.02. The molecule has 3 N–H and O–H groups in total. The van der Waals surface area contributed by atoms with E-state index in [4.69, 9.17) is 9.47 Å². The first-order valence-corrected chi connectivity index (χ1v) is 20.3. The van der Waals surface area contributed by atoms with Crippen LogP contribution in [0.4, 0.5) is 8.78 Å². The molecular formula is C39H51F2N5O8S. The molecule has 6 rings (SSSR count). The number of carbonyl (C=O) groups excluding carboxylic acids is 4. The van der Waals surface area contributed by atoms with Gasteiger partial charge in [-0.1, -0.05) is 46.8 Å². The Labute approximate surface area is 320 Å². The summed E-state index contributed by atoms with van der Waals surface area (Å²) in [5, 5.41) is 6.67. The summed E-state index contributed by atoms with van der Waals surface area (Å²) in [6.07, 6.45) is 6.44. The molecule has 55 heavy (non-hydrogen) atoms. The van der Waals surface area contributed by atoms with E-state index in [0.717, 1.165) is 6.42 Å². The molecule has 0 bridgehead atoms. The van der Waals surface area contributed by atoms with E-state index in [1.54, 1.807) is 32.9 Å². The van der Waals surface area contributed by atoms with Gasteiger partial charge in [0.1, 0.15) is 35.1 Å². The molecule has 2 unspecified atom stereocenters. The van der Waals surface area contributed by atoms with Crippen LogP contribution in [0.2, 0.25) is 0 Å². The molecule has 1 saturated heterocycles. The Hall–Kier alpha value is -4.34. The predicted octanol–water partition coefficient (Wildman–Crippen LogP) is 4.10. The number of pyridine rings is 1. The van der Waals surface area contributed by atoms with E-state index in [1.165, 1.54) is 30.3 Å². The number of halogens is 2. The molecule has 2 saturated carbocycles. The smallest absolute Gasteiger partial charge is 0.259 e. The number of nitrogens with one attached hydrogen (secondary N) is 3. The number of carbonyl (C=O) groups is 4. The number of hydrogen-bond donors (Lipinski definition) is 3. The minimum absolute atomic E-state index is 0.0291. The van der Waals surface area contributed by atoms with Crippen molar-refractivity contribution in [2.24, 2.45) is 23.2 Å². The highest BCUT2D eigenvalue weighted by atomic mass is 32.2. The highest BCUT2D eigenvalue weighted by molar-refractivity contribution is 7.91. The van der Waals surface area contributed by atoms with E-state index in [1.807, 2.05) is 13.0 Å². The maximum atomic E-state index is 14.9. The number of benzene rings is 1. The van der Waals surface area contributed by atoms with Crippen LogP contribution in [0, 0.1) is 29.0 Å². The number of fused-ring (bicyclic) bond motifs is 3. The van der Waals surface area contributed by atoms with Gasteiger partial charge in [-0.2, -0.15) is 0 Å². The normalized spacial score (nSPS) is 30.1. The number of amides is 4. The average molecular weight is 788 g/mol. The lowest BCUT2D eigenvalue weighted by Crippen LogP contribution is -2.60. The third kappa shape index (κ3) is 8.01. The Morgan fingerprint density at radius 2 is 1.87 bits per heavy atom. The molecule has 16 heteroatoms. The van der Waals surface area contributed by atoms with Gasteiger partial charge in [0.25, 0.3) is 5.91 Å². The minimum Gasteiger partial charge on any atom is -0.494 e. The van der Waals surface area contributed by atoms with Crippen LogP contribution >= 0.6 is 0 Å². The molecule has 1 aromatic heterocycles. The fourth-order valence-electron chi connectivity index (χ4n) is 7.66. The molecule has 2 aromatic rings. The van der Waals surface area contributed by atoms with Crippen LogP contribution in [0.5, 0.6) is 11.6 Å². The SMILES string of the molecule is COc1cc2ccnc(O[C@@H]3C[C@H]4C(=O)NC5(C(=O)NS(=O)(=O)C6(CF)CC6)CC5/C=C\CC[C@@H](C)C[C@@H](C)[C@H](NC(=O)C(C)(C)C)C(=O)N4C3)c2cc1F. The third-order valence-electron chi connectivity index (χ3n) is 11.5. The van der Waals surface area contributed by atoms with Gasteiger partial charge >= 0.3 is 0 Å². The van der Waals surface area contributed by atoms with Crippen LogP contribution in [0.25, 0.3) is 10.8 Å². The molecule has 7 atom stereocenters. The van der Waals surface area contributed by atoms with Gasteiger partial charge in [-0.15, -0.1) is 0 Å². The van der Waals surface area contributed by atoms with Crippen LogP contribution in [0.3, 0.4) is 0 Å². The zero-order chi connectivity index (χ0) is 40.1. The summed E-state index contributed by atoms with van der Waals surface area (Å²) < 4.78 is 66.8. The lowest BCUT2D eigenvalue weighted by Gasteiger charge is -2.34. The van der Waals surface area contributed by atoms with Crippen LogP contribution in [0.15, 0.2) is 36.5 Å². The second kappa shape index (κ2) is 15.0. The summed E-state index contributed by atoms with van der Waals surface area (Å²) in [5.74, 6) is -3.90. The van der Waals surface area contributed by atoms with Crippen molar-refractivity contribution >= 4 is 44.4 Å². The zero-order valence-electron chi connectivity index (χ0n) is 32.1. The fourth-order valence-corrected chi connectivity index (χ4v) is 9.09. The summed E-state index contributed by atoms with van der Waals surface area (Å²) in [7, 11) is -3.05. The summed E-state index contributed by atoms with van der Waals surface area (Å²) in [4.78, 5) is 62.1. The van der Waals surface area contributed by atoms with Crippen LogP contribution in [-0.4, -0.2) is 90.7 Å². The third-order valence-corrected chi connectivity index (χ3v) is 13.6. The van der Waals surface area contributed by atoms with Crippen molar-refractivity contribution in [1.82, 2.24) is 25.2 Å². The predicted molar refractivity (Wildman–Crippen MR) is 199 cm³/mol. The molecule has 3 heterocycles. The van der Waals surface area contributed by atoms with Gasteiger partial charge in [0.15, 0.2) is 11.6 Å². The van der Waals surface area contributed by atoms with Crippen molar-refractivity contribution in [2.75, 3.05) is 20.3 Å². The second-order valence-corrected chi connectivity index (χ2v) is 18.9. The van der Waals surface area contributed by atoms with Gasteiger partial charge in [0.05, 0.1) is 13.7 Å². The van der Waals surface area contributed by atoms with Crippen molar-refractivity contribution in [3.8, 4) is 11.6 Å². The second-order valence-electron chi connectivity index (χ2n) is 16.9. The quantitative estimate of drug-likeness (QED) is 0.333. The largest absolute Gasteiger partial charge is 0.494 e. The maximum Gasteiger partial charge on any atom is 0.259 e. The molecule has 1 aromatic carbocycles. The zero-order valence-corrected chi connectivity index (χ0v) is 32.9. The number of hydrogen-bond acceptors (Lipinski definition) is 9. The molecule has 2 aliphatic carbocycles. The number of ether oxygens (including phenoxy) is 2. The number of methoxy groups -OCH3 is 1. The maximum absolute atomic E-state index is 14.9. The molecule has 13 nitrogen and oxygen atoms in total. The highest BCUT2D eigenvalue weighted by Gasteiger charge is 2.64. The first-order chi connectivity index (χ1) is 25.8. The summed E-state index contributed by atoms with van der Waals surface area (Å²) >= 11 is 0. The number of alkyl halides is 1. The number of sulfonamides is 1. The highest BCUT2D eigenvalue weighted by Crippen LogP contribution is 2.48. The Kier molecular flexibility index (Phi) is 11.0. The number of rotatable bonds is 8. The van der Waals surface area contributed by atoms with Crippen molar-refractivity contribution in [3.63, 3.8) is 0 Å². The fraction of sp³-hybridized carbons (Fsp3) is 0.615. The van der Waals surface area contributed by atoms with E-state index in [9.17, 15) is 36.4 Å². The minimum atomic E-state index is -4.40. The molecule has 0 radical (unpaired) electrons. The Morgan fingerprint density at radius 1 is 1.15 bits per heavy atom. The molecule has 4 amide bonds. The summed E-state index contributed by atoms with van der Waals surface area (Å²) in [6.45, 7) is 7.88. The van der Waals surface area contributed by atoms with E-state index >= 15 is 0 Å². The Morgan fingerprint density at radius 3 is 2.53 bits per heavy atom. The van der Waals surface area contributed by atoms with Gasteiger partial charge < -0.3 is 25.0 Å². The van der Waals surface area contributed by atoms with Crippen molar-refractivity contribution in [3.05, 3.63) is 42.4 Å². The molecular weight excluding hydrogens is 737 g/mol. The van der Waals surface area contributed by atoms with E-state index in [2.05, 4.69) is 27.3 Å². The van der Waals surface area contributed by atoms with E-state index < -0.39 is 80.0 Å². The van der Waals surface area contributed by atoms with Crippen molar-refractivity contribution < 1.29 is 45.9 Å². The van der Waals surface area contributed by atoms with Crippen LogP contribution in [0.1, 0.15) is 79.6 Å². The number of nitrogens with zero attached hydrogens (tertiary/aromatic N) is 2. The summed E-state index contributed by atoms with van der Waals surface area (Å²) in [5.41, 5.74) is -2.51. The van der Waals surface area contributed by atoms with Gasteiger partial charge in [-0.3, -0.25) is 23.9 Å². The van der Waals surface area contributed by atoms with E-state index in [-0.39, 0.29) is 61.6 Å². The lowest BCUT2D eigenvalue weighted by molar-refractivity contribution is -0.144. The molecule has 2 aliphatic heterocycles. The van der Waals surface area contributed by atoms with Crippen LogP contribution in [-0.2, 0) is 29.2 Å². The molecule has 3 fully saturated rings. The standard InChI is InChI=1S/C39H51F2N5O8S/c1-22-9-7-8-10-25-19-39(25,36(50)45-55(51,52)38(21-40)12-13-38)44-32(47)29-17-26(54-33-27-18-28(41)30(53-6)16-24(27)11-14-42-33)20-46(29)34(48)31(23(2)15-22)43-35(49)37(3,4)5/h8,10-11,14,16,18,22-23,25-26,29,31H,7,9,12-13,15,17,19-21H2,1-6H3,(H,43,49)(H,44,47)(H,45,50)/b10-8-/t22-,23-,25?,26-,29+,31+,39?/m1/s1. The van der Waals surface area contributed by atoms with Crippen molar-refractivity contribution in [2.45, 2.75) is 108 Å². The topological polar surface area (TPSA) is 173 Å². The van der Waals surface area contributed by atoms with Crippen molar-refractivity contribution in [1.29, 1.82) is 0 Å².